The minimum absolute atomic E-state index is 0.00169. The molecule has 1 saturated carbocycles. The number of aromatic nitrogens is 1. The van der Waals surface area contributed by atoms with Crippen LogP contribution in [0.4, 0.5) is 5.69 Å². The molecule has 1 fully saturated rings. The number of ether oxygens (including phenoxy) is 1. The number of nitrogen functional groups attached to an aromatic ring is 1. The van der Waals surface area contributed by atoms with Gasteiger partial charge in [0.05, 0.1) is 24.4 Å². The fraction of sp³-hybridized carbons (Fsp3) is 0.500. The van der Waals surface area contributed by atoms with Gasteiger partial charge >= 0.3 is 0 Å². The summed E-state index contributed by atoms with van der Waals surface area (Å²) in [6.07, 6.45) is 3.96. The van der Waals surface area contributed by atoms with Crippen LogP contribution in [0.15, 0.2) is 18.3 Å². The van der Waals surface area contributed by atoms with Gasteiger partial charge in [0.25, 0.3) is 0 Å². The minimum atomic E-state index is 0.00169. The van der Waals surface area contributed by atoms with Gasteiger partial charge in [-0.1, -0.05) is 0 Å². The number of rotatable bonds is 4. The van der Waals surface area contributed by atoms with Gasteiger partial charge in [-0.05, 0) is 25.0 Å². The summed E-state index contributed by atoms with van der Waals surface area (Å²) in [7, 11) is 1.70. The van der Waals surface area contributed by atoms with E-state index in [1.54, 1.807) is 25.4 Å². The third-order valence-corrected chi connectivity index (χ3v) is 2.98. The molecule has 1 heterocycles. The third kappa shape index (κ3) is 3.17. The Morgan fingerprint density at radius 3 is 2.94 bits per heavy atom. The summed E-state index contributed by atoms with van der Waals surface area (Å²) >= 11 is 0. The van der Waals surface area contributed by atoms with Crippen molar-refractivity contribution in [1.29, 1.82) is 0 Å². The SMILES string of the molecule is COC1CC(NC(=O)Cc2ccc(N)cn2)C1. The number of hydrogen-bond donors (Lipinski definition) is 2. The summed E-state index contributed by atoms with van der Waals surface area (Å²) in [6, 6.07) is 3.77. The van der Waals surface area contributed by atoms with Crippen molar-refractivity contribution in [3.8, 4) is 0 Å². The van der Waals surface area contributed by atoms with Gasteiger partial charge in [-0.25, -0.2) is 0 Å². The van der Waals surface area contributed by atoms with Crippen LogP contribution in [0.3, 0.4) is 0 Å². The van der Waals surface area contributed by atoms with E-state index in [1.165, 1.54) is 0 Å². The molecule has 1 amide bonds. The highest BCUT2D eigenvalue weighted by molar-refractivity contribution is 5.78. The van der Waals surface area contributed by atoms with Gasteiger partial charge in [0.1, 0.15) is 0 Å². The van der Waals surface area contributed by atoms with E-state index in [1.807, 2.05) is 0 Å². The molecule has 0 unspecified atom stereocenters. The summed E-state index contributed by atoms with van der Waals surface area (Å²) in [5.41, 5.74) is 6.87. The van der Waals surface area contributed by atoms with Crippen molar-refractivity contribution in [1.82, 2.24) is 10.3 Å². The molecule has 0 bridgehead atoms. The first-order valence-electron chi connectivity index (χ1n) is 5.70. The van der Waals surface area contributed by atoms with Crippen LogP contribution in [0.2, 0.25) is 0 Å². The molecule has 0 aromatic carbocycles. The number of nitrogens with zero attached hydrogens (tertiary/aromatic N) is 1. The summed E-state index contributed by atoms with van der Waals surface area (Å²) in [5.74, 6) is 0.00169. The van der Waals surface area contributed by atoms with Gasteiger partial charge in [-0.15, -0.1) is 0 Å². The van der Waals surface area contributed by atoms with Crippen LogP contribution >= 0.6 is 0 Å². The number of carbonyl (C=O) groups excluding carboxylic acids is 1. The molecule has 3 N–H and O–H groups in total. The molecule has 1 aromatic heterocycles. The number of methoxy groups -OCH3 is 1. The standard InChI is InChI=1S/C12H17N3O2/c1-17-11-4-10(5-11)15-12(16)6-9-3-2-8(13)7-14-9/h2-3,7,10-11H,4-6,13H2,1H3,(H,15,16). The summed E-state index contributed by atoms with van der Waals surface area (Å²) in [4.78, 5) is 15.8. The van der Waals surface area contributed by atoms with Gasteiger partial charge in [0, 0.05) is 18.8 Å². The topological polar surface area (TPSA) is 77.2 Å². The first kappa shape index (κ1) is 11.9. The van der Waals surface area contributed by atoms with E-state index in [0.29, 0.717) is 18.2 Å². The van der Waals surface area contributed by atoms with E-state index in [2.05, 4.69) is 10.3 Å². The lowest BCUT2D eigenvalue weighted by atomic mass is 9.89. The molecule has 1 aromatic rings. The van der Waals surface area contributed by atoms with E-state index in [0.717, 1.165) is 18.5 Å². The predicted octanol–water partition coefficient (Wildman–Crippen LogP) is 0.500. The lowest BCUT2D eigenvalue weighted by Gasteiger charge is -2.34. The molecule has 1 aliphatic carbocycles. The summed E-state index contributed by atoms with van der Waals surface area (Å²) in [6.45, 7) is 0. The Morgan fingerprint density at radius 1 is 1.59 bits per heavy atom. The smallest absolute Gasteiger partial charge is 0.226 e. The quantitative estimate of drug-likeness (QED) is 0.796. The molecule has 0 aliphatic heterocycles. The second kappa shape index (κ2) is 5.14. The molecule has 5 nitrogen and oxygen atoms in total. The fourth-order valence-corrected chi connectivity index (χ4v) is 1.86. The third-order valence-electron chi connectivity index (χ3n) is 2.98. The molecule has 17 heavy (non-hydrogen) atoms. The van der Waals surface area contributed by atoms with E-state index in [4.69, 9.17) is 10.5 Å². The monoisotopic (exact) mass is 235 g/mol. The molecule has 0 saturated heterocycles. The Morgan fingerprint density at radius 2 is 2.35 bits per heavy atom. The molecule has 92 valence electrons. The molecule has 0 radical (unpaired) electrons. The number of carbonyl (C=O) groups is 1. The van der Waals surface area contributed by atoms with Crippen molar-refractivity contribution >= 4 is 11.6 Å². The van der Waals surface area contributed by atoms with Crippen LogP contribution in [0.1, 0.15) is 18.5 Å². The van der Waals surface area contributed by atoms with Gasteiger partial charge < -0.3 is 15.8 Å². The van der Waals surface area contributed by atoms with E-state index >= 15 is 0 Å². The normalized spacial score (nSPS) is 22.9. The minimum Gasteiger partial charge on any atom is -0.397 e. The predicted molar refractivity (Wildman–Crippen MR) is 64.3 cm³/mol. The Balaban J connectivity index is 1.76. The maximum atomic E-state index is 11.7. The van der Waals surface area contributed by atoms with Crippen molar-refractivity contribution in [2.75, 3.05) is 12.8 Å². The Kier molecular flexibility index (Phi) is 3.58. The van der Waals surface area contributed by atoms with Crippen molar-refractivity contribution < 1.29 is 9.53 Å². The molecular weight excluding hydrogens is 218 g/mol. The zero-order chi connectivity index (χ0) is 12.3. The summed E-state index contributed by atoms with van der Waals surface area (Å²) < 4.78 is 5.15. The van der Waals surface area contributed by atoms with Crippen LogP contribution in [-0.2, 0) is 16.0 Å². The van der Waals surface area contributed by atoms with E-state index in [9.17, 15) is 4.79 Å². The average molecular weight is 235 g/mol. The van der Waals surface area contributed by atoms with E-state index < -0.39 is 0 Å². The van der Waals surface area contributed by atoms with Crippen LogP contribution in [0, 0.1) is 0 Å². The second-order valence-corrected chi connectivity index (χ2v) is 4.35. The maximum Gasteiger partial charge on any atom is 0.226 e. The first-order valence-corrected chi connectivity index (χ1v) is 5.70. The number of anilines is 1. The molecule has 5 heteroatoms. The zero-order valence-corrected chi connectivity index (χ0v) is 9.85. The molecule has 1 aliphatic rings. The summed E-state index contributed by atoms with van der Waals surface area (Å²) in [5, 5.41) is 2.95. The number of nitrogens with two attached hydrogens (primary N) is 1. The highest BCUT2D eigenvalue weighted by Crippen LogP contribution is 2.22. The second-order valence-electron chi connectivity index (χ2n) is 4.35. The average Bonchev–Trinajstić information content (AvgIpc) is 2.26. The Bertz CT molecular complexity index is 385. The van der Waals surface area contributed by atoms with E-state index in [-0.39, 0.29) is 11.9 Å². The molecule has 2 rings (SSSR count). The van der Waals surface area contributed by atoms with Crippen LogP contribution in [0.25, 0.3) is 0 Å². The first-order chi connectivity index (χ1) is 8.17. The Labute approximate surface area is 100 Å². The van der Waals surface area contributed by atoms with Crippen molar-refractivity contribution in [2.24, 2.45) is 0 Å². The lowest BCUT2D eigenvalue weighted by Crippen LogP contribution is -2.47. The highest BCUT2D eigenvalue weighted by atomic mass is 16.5. The highest BCUT2D eigenvalue weighted by Gasteiger charge is 2.29. The Hall–Kier alpha value is -1.62. The van der Waals surface area contributed by atoms with Gasteiger partial charge in [-0.3, -0.25) is 9.78 Å². The molecule has 0 atom stereocenters. The number of nitrogens with one attached hydrogen (secondary N) is 1. The van der Waals surface area contributed by atoms with Crippen molar-refractivity contribution in [2.45, 2.75) is 31.4 Å². The van der Waals surface area contributed by atoms with Crippen molar-refractivity contribution in [3.63, 3.8) is 0 Å². The molecule has 0 spiro atoms. The zero-order valence-electron chi connectivity index (χ0n) is 9.85. The number of pyridine rings is 1. The van der Waals surface area contributed by atoms with Gasteiger partial charge in [0.2, 0.25) is 5.91 Å². The van der Waals surface area contributed by atoms with Crippen LogP contribution in [0.5, 0.6) is 0 Å². The fourth-order valence-electron chi connectivity index (χ4n) is 1.86. The van der Waals surface area contributed by atoms with Crippen LogP contribution < -0.4 is 11.1 Å². The van der Waals surface area contributed by atoms with Crippen LogP contribution in [-0.4, -0.2) is 30.1 Å². The number of amides is 1. The largest absolute Gasteiger partial charge is 0.397 e. The van der Waals surface area contributed by atoms with Crippen molar-refractivity contribution in [3.05, 3.63) is 24.0 Å². The lowest BCUT2D eigenvalue weighted by molar-refractivity contribution is -0.122. The number of hydrogen-bond acceptors (Lipinski definition) is 4. The maximum absolute atomic E-state index is 11.7. The van der Waals surface area contributed by atoms with Gasteiger partial charge in [0.15, 0.2) is 0 Å². The molecular formula is C12H17N3O2. The van der Waals surface area contributed by atoms with Gasteiger partial charge in [-0.2, -0.15) is 0 Å².